The first-order valence-corrected chi connectivity index (χ1v) is 11.8. The number of imide groups is 1. The van der Waals surface area contributed by atoms with Crippen LogP contribution in [0.25, 0.3) is 43.6 Å². The molecule has 8 nitrogen and oxygen atoms in total. The lowest BCUT2D eigenvalue weighted by Gasteiger charge is -2.37. The number of carbonyl (C=O) groups excluding carboxylic acids is 2. The third-order valence-corrected chi connectivity index (χ3v) is 7.50. The van der Waals surface area contributed by atoms with Crippen LogP contribution in [0.5, 0.6) is 0 Å². The van der Waals surface area contributed by atoms with E-state index < -0.39 is 66.3 Å². The summed E-state index contributed by atoms with van der Waals surface area (Å²) in [4.78, 5) is 29.0. The third kappa shape index (κ3) is 3.08. The van der Waals surface area contributed by atoms with Gasteiger partial charge in [0.05, 0.1) is 39.9 Å². The minimum atomic E-state index is -1.68. The van der Waals surface area contributed by atoms with Gasteiger partial charge in [-0.2, -0.15) is 0 Å². The maximum Gasteiger partial charge on any atom is 0.259 e. The van der Waals surface area contributed by atoms with Gasteiger partial charge in [-0.1, -0.05) is 0 Å². The normalized spacial score (nSPS) is 23.5. The summed E-state index contributed by atoms with van der Waals surface area (Å²) in [6.07, 6.45) is -6.14. The van der Waals surface area contributed by atoms with Gasteiger partial charge in [0.15, 0.2) is 29.5 Å². The van der Waals surface area contributed by atoms with Crippen LogP contribution in [-0.2, 0) is 4.74 Å². The van der Waals surface area contributed by atoms with Crippen LogP contribution in [0.2, 0.25) is 0 Å². The highest BCUT2D eigenvalue weighted by molar-refractivity contribution is 6.39. The van der Waals surface area contributed by atoms with Gasteiger partial charge in [-0.3, -0.25) is 14.9 Å². The molecule has 7 rings (SSSR count). The molecule has 2 amide bonds. The summed E-state index contributed by atoms with van der Waals surface area (Å²) >= 11 is 0. The number of aliphatic hydroxyl groups is 2. The molecule has 13 heteroatoms. The largest absolute Gasteiger partial charge is 0.390 e. The van der Waals surface area contributed by atoms with Crippen LogP contribution in [-0.4, -0.2) is 56.6 Å². The number of halogens is 5. The molecule has 2 aliphatic rings. The van der Waals surface area contributed by atoms with E-state index in [1.165, 1.54) is 4.57 Å². The number of hydrogen-bond donors (Lipinski definition) is 4. The van der Waals surface area contributed by atoms with E-state index in [2.05, 4.69) is 10.3 Å². The zero-order valence-corrected chi connectivity index (χ0v) is 19.5. The molecule has 2 aromatic heterocycles. The van der Waals surface area contributed by atoms with Crippen LogP contribution in [0.1, 0.15) is 33.4 Å². The smallest absolute Gasteiger partial charge is 0.259 e. The molecule has 4 heterocycles. The lowest BCUT2D eigenvalue weighted by atomic mass is 9.96. The molecule has 2 aliphatic heterocycles. The first-order valence-electron chi connectivity index (χ1n) is 11.8. The first-order chi connectivity index (χ1) is 18.6. The van der Waals surface area contributed by atoms with Gasteiger partial charge in [0.1, 0.15) is 12.8 Å². The summed E-state index contributed by atoms with van der Waals surface area (Å²) in [5.74, 6) is -6.74. The Morgan fingerprint density at radius 2 is 1.51 bits per heavy atom. The van der Waals surface area contributed by atoms with E-state index in [0.717, 1.165) is 24.3 Å². The molecule has 1 fully saturated rings. The topological polar surface area (TPSA) is 117 Å². The zero-order valence-electron chi connectivity index (χ0n) is 19.5. The number of hydrogen-bond acceptors (Lipinski definition) is 5. The predicted octanol–water partition coefficient (Wildman–Crippen LogP) is 3.85. The van der Waals surface area contributed by atoms with Crippen LogP contribution >= 0.6 is 0 Å². The minimum Gasteiger partial charge on any atom is -0.390 e. The molecule has 5 aromatic rings. The summed E-state index contributed by atoms with van der Waals surface area (Å²) in [5.41, 5.74) is -0.519. The molecule has 1 saturated heterocycles. The van der Waals surface area contributed by atoms with Gasteiger partial charge >= 0.3 is 0 Å². The predicted molar refractivity (Wildman–Crippen MR) is 127 cm³/mol. The van der Waals surface area contributed by atoms with Gasteiger partial charge < -0.3 is 24.5 Å². The van der Waals surface area contributed by atoms with Gasteiger partial charge in [-0.25, -0.2) is 22.0 Å². The molecule has 4 atom stereocenters. The second-order valence-corrected chi connectivity index (χ2v) is 9.69. The SMILES string of the molecule is O=C1NC(=O)c2c1c1c3cc(F)c(F)cc3[nH]c1c1c2c2cc(F)c(F)cc2n1C1OC(CF)CC(O)C1O. The minimum absolute atomic E-state index is 0.00707. The second-order valence-electron chi connectivity index (χ2n) is 9.69. The summed E-state index contributed by atoms with van der Waals surface area (Å²) in [6.45, 7) is -1.03. The lowest BCUT2D eigenvalue weighted by Crippen LogP contribution is -2.46. The van der Waals surface area contributed by atoms with Crippen LogP contribution in [0.4, 0.5) is 22.0 Å². The number of carbonyl (C=O) groups is 2. The van der Waals surface area contributed by atoms with Gasteiger partial charge in [-0.05, 0) is 12.1 Å². The van der Waals surface area contributed by atoms with Gasteiger partial charge in [0, 0.05) is 45.6 Å². The van der Waals surface area contributed by atoms with Crippen molar-refractivity contribution in [2.75, 3.05) is 6.67 Å². The number of aromatic amines is 1. The Hall–Kier alpha value is -4.07. The van der Waals surface area contributed by atoms with E-state index in [4.69, 9.17) is 4.74 Å². The Bertz CT molecular complexity index is 1930. The fourth-order valence-electron chi connectivity index (χ4n) is 5.87. The van der Waals surface area contributed by atoms with Crippen molar-refractivity contribution in [3.63, 3.8) is 0 Å². The van der Waals surface area contributed by atoms with Crippen molar-refractivity contribution in [3.05, 3.63) is 58.7 Å². The number of fused-ring (bicyclic) bond motifs is 10. The number of nitrogens with one attached hydrogen (secondary N) is 2. The lowest BCUT2D eigenvalue weighted by molar-refractivity contribution is -0.198. The molecule has 0 saturated carbocycles. The molecule has 3 aromatic carbocycles. The van der Waals surface area contributed by atoms with E-state index in [0.29, 0.717) is 0 Å². The van der Waals surface area contributed by atoms with Crippen molar-refractivity contribution in [1.82, 2.24) is 14.9 Å². The van der Waals surface area contributed by atoms with Crippen LogP contribution in [0.15, 0.2) is 24.3 Å². The van der Waals surface area contributed by atoms with Crippen molar-refractivity contribution in [3.8, 4) is 0 Å². The standard InChI is InChI=1S/C26H16F5N3O5/c27-6-7-1-16(35)23(36)26(39-7)34-15-5-13(31)11(29)3-9(15)18-20-19(24(37)33-25(20)38)17-8-2-10(28)12(30)4-14(8)32-21(17)22(18)34/h2-5,7,16,23,26,32,35-36H,1,6H2,(H,33,37,38). The summed E-state index contributed by atoms with van der Waals surface area (Å²) in [7, 11) is 0. The van der Waals surface area contributed by atoms with Crippen molar-refractivity contribution in [1.29, 1.82) is 0 Å². The highest BCUT2D eigenvalue weighted by Gasteiger charge is 2.42. The zero-order chi connectivity index (χ0) is 27.5. The summed E-state index contributed by atoms with van der Waals surface area (Å²) in [6, 6.07) is 3.26. The van der Waals surface area contributed by atoms with Crippen molar-refractivity contribution < 1.29 is 46.5 Å². The van der Waals surface area contributed by atoms with E-state index in [1.807, 2.05) is 0 Å². The molecule has 39 heavy (non-hydrogen) atoms. The molecule has 0 spiro atoms. The third-order valence-electron chi connectivity index (χ3n) is 7.50. The molecule has 0 radical (unpaired) electrons. The number of amides is 2. The first kappa shape index (κ1) is 24.0. The maximum absolute atomic E-state index is 14.6. The average molecular weight is 545 g/mol. The Labute approximate surface area is 213 Å². The number of aliphatic hydroxyl groups excluding tert-OH is 2. The monoisotopic (exact) mass is 545 g/mol. The number of H-pyrrole nitrogens is 1. The molecule has 4 N–H and O–H groups in total. The van der Waals surface area contributed by atoms with Gasteiger partial charge in [0.2, 0.25) is 0 Å². The number of aromatic nitrogens is 2. The van der Waals surface area contributed by atoms with E-state index in [1.54, 1.807) is 0 Å². The highest BCUT2D eigenvalue weighted by Crippen LogP contribution is 2.46. The Morgan fingerprint density at radius 1 is 0.897 bits per heavy atom. The molecular weight excluding hydrogens is 529 g/mol. The molecular formula is C26H16F5N3O5. The Morgan fingerprint density at radius 3 is 2.21 bits per heavy atom. The maximum atomic E-state index is 14.6. The van der Waals surface area contributed by atoms with Crippen molar-refractivity contribution >= 4 is 55.4 Å². The number of ether oxygens (including phenoxy) is 1. The van der Waals surface area contributed by atoms with E-state index in [9.17, 15) is 41.8 Å². The second kappa shape index (κ2) is 7.97. The van der Waals surface area contributed by atoms with Crippen LogP contribution < -0.4 is 5.32 Å². The van der Waals surface area contributed by atoms with Crippen molar-refractivity contribution in [2.45, 2.75) is 31.0 Å². The summed E-state index contributed by atoms with van der Waals surface area (Å²) < 4.78 is 78.3. The Kier molecular flexibility index (Phi) is 4.91. The van der Waals surface area contributed by atoms with Crippen LogP contribution in [0, 0.1) is 23.3 Å². The number of rotatable bonds is 2. The Balaban J connectivity index is 1.75. The van der Waals surface area contributed by atoms with Crippen molar-refractivity contribution in [2.24, 2.45) is 0 Å². The highest BCUT2D eigenvalue weighted by atomic mass is 19.2. The van der Waals surface area contributed by atoms with E-state index >= 15 is 0 Å². The van der Waals surface area contributed by atoms with Crippen LogP contribution in [0.3, 0.4) is 0 Å². The number of alkyl halides is 1. The van der Waals surface area contributed by atoms with E-state index in [-0.39, 0.29) is 61.2 Å². The fraction of sp³-hybridized carbons (Fsp3) is 0.231. The fourth-order valence-corrected chi connectivity index (χ4v) is 5.87. The average Bonchev–Trinajstić information content (AvgIpc) is 3.50. The molecule has 4 unspecified atom stereocenters. The summed E-state index contributed by atoms with van der Waals surface area (Å²) in [5, 5.41) is 23.5. The molecule has 0 aliphatic carbocycles. The number of nitrogens with zero attached hydrogens (tertiary/aromatic N) is 1. The quantitative estimate of drug-likeness (QED) is 0.199. The molecule has 200 valence electrons. The molecule has 0 bridgehead atoms. The van der Waals surface area contributed by atoms with Gasteiger partial charge in [0.25, 0.3) is 11.8 Å². The number of benzene rings is 3. The van der Waals surface area contributed by atoms with Gasteiger partial charge in [-0.15, -0.1) is 0 Å².